The second-order valence-electron chi connectivity index (χ2n) is 4.41. The molecule has 0 amide bonds. The van der Waals surface area contributed by atoms with E-state index in [1.165, 1.54) is 24.2 Å². The SMILES string of the molecule is COCc1nc(N2CCCCCC2)sc1C(=O)O. The van der Waals surface area contributed by atoms with Gasteiger partial charge in [0.15, 0.2) is 5.13 Å². The molecule has 6 heteroatoms. The Kier molecular flexibility index (Phi) is 4.54. The maximum Gasteiger partial charge on any atom is 0.347 e. The fourth-order valence-corrected chi connectivity index (χ4v) is 3.10. The lowest BCUT2D eigenvalue weighted by molar-refractivity contribution is 0.0697. The molecule has 1 aromatic heterocycles. The lowest BCUT2D eigenvalue weighted by Gasteiger charge is -2.18. The number of carboxylic acids is 1. The van der Waals surface area contributed by atoms with Crippen molar-refractivity contribution < 1.29 is 14.6 Å². The predicted molar refractivity (Wildman–Crippen MR) is 70.5 cm³/mol. The van der Waals surface area contributed by atoms with Gasteiger partial charge >= 0.3 is 5.97 Å². The number of aromatic nitrogens is 1. The van der Waals surface area contributed by atoms with Crippen molar-refractivity contribution in [3.05, 3.63) is 10.6 Å². The van der Waals surface area contributed by atoms with Crippen molar-refractivity contribution in [2.75, 3.05) is 25.1 Å². The van der Waals surface area contributed by atoms with Gasteiger partial charge in [0.25, 0.3) is 0 Å². The predicted octanol–water partition coefficient (Wildman–Crippen LogP) is 2.37. The molecule has 5 nitrogen and oxygen atoms in total. The van der Waals surface area contributed by atoms with Crippen LogP contribution in [0.25, 0.3) is 0 Å². The quantitative estimate of drug-likeness (QED) is 0.910. The van der Waals surface area contributed by atoms with Crippen LogP contribution in [0.5, 0.6) is 0 Å². The number of aromatic carboxylic acids is 1. The molecular weight excluding hydrogens is 252 g/mol. The summed E-state index contributed by atoms with van der Waals surface area (Å²) in [7, 11) is 1.55. The Labute approximate surface area is 110 Å². The summed E-state index contributed by atoms with van der Waals surface area (Å²) in [5.41, 5.74) is 0.536. The van der Waals surface area contributed by atoms with Crippen LogP contribution in [0.1, 0.15) is 41.0 Å². The first-order valence-corrected chi connectivity index (χ1v) is 7.01. The normalized spacial score (nSPS) is 16.6. The fraction of sp³-hybridized carbons (Fsp3) is 0.667. The molecule has 0 aromatic carbocycles. The molecule has 1 N–H and O–H groups in total. The van der Waals surface area contributed by atoms with Crippen molar-refractivity contribution in [3.8, 4) is 0 Å². The molecule has 0 bridgehead atoms. The van der Waals surface area contributed by atoms with Crippen LogP contribution >= 0.6 is 11.3 Å². The van der Waals surface area contributed by atoms with Crippen molar-refractivity contribution in [1.29, 1.82) is 0 Å². The molecule has 2 heterocycles. The molecule has 1 aliphatic heterocycles. The van der Waals surface area contributed by atoms with E-state index in [-0.39, 0.29) is 6.61 Å². The molecule has 0 aliphatic carbocycles. The molecule has 0 saturated carbocycles. The average Bonchev–Trinajstić information content (AvgIpc) is 2.59. The largest absolute Gasteiger partial charge is 0.477 e. The Morgan fingerprint density at radius 3 is 2.61 bits per heavy atom. The number of hydrogen-bond donors (Lipinski definition) is 1. The van der Waals surface area contributed by atoms with Crippen LogP contribution in [-0.2, 0) is 11.3 Å². The summed E-state index contributed by atoms with van der Waals surface area (Å²) in [5, 5.41) is 9.98. The second kappa shape index (κ2) is 6.15. The highest BCUT2D eigenvalue weighted by molar-refractivity contribution is 7.17. The number of carbonyl (C=O) groups is 1. The summed E-state index contributed by atoms with van der Waals surface area (Å²) in [5.74, 6) is -0.916. The molecule has 0 atom stereocenters. The number of rotatable bonds is 4. The van der Waals surface area contributed by atoms with Gasteiger partial charge in [0, 0.05) is 20.2 Å². The van der Waals surface area contributed by atoms with E-state index in [2.05, 4.69) is 9.88 Å². The van der Waals surface area contributed by atoms with E-state index in [0.29, 0.717) is 10.6 Å². The van der Waals surface area contributed by atoms with Gasteiger partial charge in [-0.15, -0.1) is 0 Å². The number of hydrogen-bond acceptors (Lipinski definition) is 5. The molecule has 1 aromatic rings. The Hall–Kier alpha value is -1.14. The van der Waals surface area contributed by atoms with Crippen molar-refractivity contribution in [2.24, 2.45) is 0 Å². The van der Waals surface area contributed by atoms with E-state index in [1.54, 1.807) is 7.11 Å². The third-order valence-corrected chi connectivity index (χ3v) is 4.18. The number of methoxy groups -OCH3 is 1. The number of anilines is 1. The van der Waals surface area contributed by atoms with Gasteiger partial charge in [-0.1, -0.05) is 24.2 Å². The summed E-state index contributed by atoms with van der Waals surface area (Å²) < 4.78 is 5.01. The van der Waals surface area contributed by atoms with Crippen LogP contribution in [0, 0.1) is 0 Å². The van der Waals surface area contributed by atoms with Crippen LogP contribution < -0.4 is 4.90 Å². The van der Waals surface area contributed by atoms with Gasteiger partial charge in [-0.3, -0.25) is 0 Å². The molecule has 2 rings (SSSR count). The highest BCUT2D eigenvalue weighted by Crippen LogP contribution is 2.28. The maximum absolute atomic E-state index is 11.2. The Morgan fingerprint density at radius 1 is 1.39 bits per heavy atom. The Morgan fingerprint density at radius 2 is 2.06 bits per heavy atom. The van der Waals surface area contributed by atoms with Crippen molar-refractivity contribution in [1.82, 2.24) is 4.98 Å². The molecule has 18 heavy (non-hydrogen) atoms. The van der Waals surface area contributed by atoms with Gasteiger partial charge in [0.1, 0.15) is 4.88 Å². The van der Waals surface area contributed by atoms with E-state index in [4.69, 9.17) is 9.84 Å². The second-order valence-corrected chi connectivity index (χ2v) is 5.39. The topological polar surface area (TPSA) is 62.7 Å². The lowest BCUT2D eigenvalue weighted by atomic mass is 10.2. The molecule has 1 fully saturated rings. The number of carboxylic acid groups (broad SMARTS) is 1. The number of nitrogens with zero attached hydrogens (tertiary/aromatic N) is 2. The van der Waals surface area contributed by atoms with E-state index in [0.717, 1.165) is 31.1 Å². The van der Waals surface area contributed by atoms with Crippen molar-refractivity contribution >= 4 is 22.4 Å². The van der Waals surface area contributed by atoms with E-state index >= 15 is 0 Å². The van der Waals surface area contributed by atoms with Crippen molar-refractivity contribution in [2.45, 2.75) is 32.3 Å². The van der Waals surface area contributed by atoms with E-state index in [1.807, 2.05) is 0 Å². The summed E-state index contributed by atoms with van der Waals surface area (Å²) >= 11 is 1.26. The van der Waals surface area contributed by atoms with Gasteiger partial charge in [0.05, 0.1) is 12.3 Å². The molecule has 0 radical (unpaired) electrons. The standard InChI is InChI=1S/C12H18N2O3S/c1-17-8-9-10(11(15)16)18-12(13-9)14-6-4-2-3-5-7-14/h2-8H2,1H3,(H,15,16). The first kappa shape index (κ1) is 13.3. The van der Waals surface area contributed by atoms with E-state index in [9.17, 15) is 4.79 Å². The first-order valence-electron chi connectivity index (χ1n) is 6.19. The minimum absolute atomic E-state index is 0.256. The summed E-state index contributed by atoms with van der Waals surface area (Å²) in [4.78, 5) is 18.1. The Balaban J connectivity index is 2.21. The zero-order valence-corrected chi connectivity index (χ0v) is 11.3. The maximum atomic E-state index is 11.2. The number of ether oxygens (including phenoxy) is 1. The van der Waals surface area contributed by atoms with Crippen LogP contribution in [-0.4, -0.2) is 36.3 Å². The summed E-state index contributed by atoms with van der Waals surface area (Å²) in [6.07, 6.45) is 4.81. The summed E-state index contributed by atoms with van der Waals surface area (Å²) in [6.45, 7) is 2.20. The molecule has 0 unspecified atom stereocenters. The van der Waals surface area contributed by atoms with E-state index < -0.39 is 5.97 Å². The summed E-state index contributed by atoms with van der Waals surface area (Å²) in [6, 6.07) is 0. The zero-order valence-electron chi connectivity index (χ0n) is 10.5. The third-order valence-electron chi connectivity index (χ3n) is 3.04. The van der Waals surface area contributed by atoms with Gasteiger partial charge in [0.2, 0.25) is 0 Å². The smallest absolute Gasteiger partial charge is 0.347 e. The molecule has 1 aliphatic rings. The Bertz CT molecular complexity index is 411. The molecular formula is C12H18N2O3S. The van der Waals surface area contributed by atoms with Crippen LogP contribution in [0.2, 0.25) is 0 Å². The van der Waals surface area contributed by atoms with Gasteiger partial charge in [-0.2, -0.15) is 0 Å². The zero-order chi connectivity index (χ0) is 13.0. The third kappa shape index (κ3) is 3.00. The van der Waals surface area contributed by atoms with Gasteiger partial charge in [-0.25, -0.2) is 9.78 Å². The fourth-order valence-electron chi connectivity index (χ4n) is 2.14. The van der Waals surface area contributed by atoms with Crippen LogP contribution in [0.4, 0.5) is 5.13 Å². The van der Waals surface area contributed by atoms with Crippen molar-refractivity contribution in [3.63, 3.8) is 0 Å². The van der Waals surface area contributed by atoms with Gasteiger partial charge < -0.3 is 14.7 Å². The first-order chi connectivity index (χ1) is 8.72. The van der Waals surface area contributed by atoms with Gasteiger partial charge in [-0.05, 0) is 12.8 Å². The molecule has 100 valence electrons. The monoisotopic (exact) mass is 270 g/mol. The van der Waals surface area contributed by atoms with Crippen LogP contribution in [0.3, 0.4) is 0 Å². The highest BCUT2D eigenvalue weighted by atomic mass is 32.1. The average molecular weight is 270 g/mol. The van der Waals surface area contributed by atoms with Crippen LogP contribution in [0.15, 0.2) is 0 Å². The highest BCUT2D eigenvalue weighted by Gasteiger charge is 2.21. The minimum Gasteiger partial charge on any atom is -0.477 e. The lowest BCUT2D eigenvalue weighted by Crippen LogP contribution is -2.23. The molecule has 1 saturated heterocycles. The number of thiazole rings is 1. The minimum atomic E-state index is -0.916. The molecule has 0 spiro atoms.